The molecule has 0 spiro atoms. The first-order valence-corrected chi connectivity index (χ1v) is 14.4. The number of benzene rings is 2. The number of nitrogens with zero attached hydrogens (tertiary/aromatic N) is 2. The van der Waals surface area contributed by atoms with E-state index in [1.54, 1.807) is 17.9 Å². The van der Waals surface area contributed by atoms with E-state index in [2.05, 4.69) is 5.32 Å². The predicted octanol–water partition coefficient (Wildman–Crippen LogP) is 4.49. The highest BCUT2D eigenvalue weighted by Crippen LogP contribution is 2.22. The molecule has 0 saturated carbocycles. The molecule has 0 aliphatic carbocycles. The zero-order chi connectivity index (χ0) is 27.0. The maximum Gasteiger partial charge on any atom is 0.242 e. The lowest BCUT2D eigenvalue weighted by Gasteiger charge is -2.30. The molecule has 36 heavy (non-hydrogen) atoms. The lowest BCUT2D eigenvalue weighted by molar-refractivity contribution is -0.140. The Labute approximate surface area is 216 Å². The number of anilines is 1. The van der Waals surface area contributed by atoms with Crippen LogP contribution in [0.5, 0.6) is 0 Å². The summed E-state index contributed by atoms with van der Waals surface area (Å²) in [5, 5.41) is 2.97. The summed E-state index contributed by atoms with van der Waals surface area (Å²) in [5.74, 6) is -0.377. The first-order chi connectivity index (χ1) is 16.8. The van der Waals surface area contributed by atoms with E-state index in [0.717, 1.165) is 28.7 Å². The van der Waals surface area contributed by atoms with Gasteiger partial charge in [-0.3, -0.25) is 13.9 Å². The third kappa shape index (κ3) is 8.08. The predicted molar refractivity (Wildman–Crippen MR) is 146 cm³/mol. The molecule has 0 bridgehead atoms. The third-order valence-electron chi connectivity index (χ3n) is 6.70. The number of hydrogen-bond donors (Lipinski definition) is 1. The van der Waals surface area contributed by atoms with Crippen LogP contribution in [-0.4, -0.2) is 50.0 Å². The molecule has 0 aliphatic heterocycles. The van der Waals surface area contributed by atoms with Gasteiger partial charge in [-0.2, -0.15) is 0 Å². The molecule has 7 nitrogen and oxygen atoms in total. The van der Waals surface area contributed by atoms with Crippen LogP contribution in [0.2, 0.25) is 0 Å². The van der Waals surface area contributed by atoms with Crippen molar-refractivity contribution in [3.8, 4) is 0 Å². The Morgan fingerprint density at radius 2 is 1.64 bits per heavy atom. The molecule has 0 aromatic heterocycles. The van der Waals surface area contributed by atoms with E-state index in [1.807, 2.05) is 71.0 Å². The third-order valence-corrected chi connectivity index (χ3v) is 7.89. The smallest absolute Gasteiger partial charge is 0.242 e. The number of carbonyl (C=O) groups is 2. The van der Waals surface area contributed by atoms with Crippen molar-refractivity contribution in [1.29, 1.82) is 0 Å². The van der Waals surface area contributed by atoms with Crippen molar-refractivity contribution >= 4 is 27.5 Å². The second-order valence-corrected chi connectivity index (χ2v) is 11.6. The van der Waals surface area contributed by atoms with Crippen LogP contribution >= 0.6 is 0 Å². The van der Waals surface area contributed by atoms with Crippen LogP contribution < -0.4 is 9.62 Å². The first-order valence-electron chi connectivity index (χ1n) is 12.5. The second kappa shape index (κ2) is 12.9. The molecule has 8 heteroatoms. The molecule has 0 saturated heterocycles. The van der Waals surface area contributed by atoms with Gasteiger partial charge in [0.1, 0.15) is 6.04 Å². The summed E-state index contributed by atoms with van der Waals surface area (Å²) < 4.78 is 26.4. The average Bonchev–Trinajstić information content (AvgIpc) is 2.81. The maximum atomic E-state index is 13.4. The number of amides is 2. The molecule has 2 amide bonds. The van der Waals surface area contributed by atoms with Gasteiger partial charge in [-0.1, -0.05) is 37.3 Å². The standard InChI is InChI=1S/C28H41N3O4S/c1-8-23(5)29-28(33)24(6)30(19-25-13-10-9-12-21(25)3)27(32)14-11-17-31(36(7,34)35)26-16-15-20(2)22(4)18-26/h9-10,12-13,15-16,18,23-24H,8,11,14,17,19H2,1-7H3,(H,29,33)/t23-,24+/m1/s1. The molecule has 0 heterocycles. The van der Waals surface area contributed by atoms with Crippen LogP contribution in [0, 0.1) is 20.8 Å². The summed E-state index contributed by atoms with van der Waals surface area (Å²) in [5.41, 5.74) is 4.69. The normalized spacial score (nSPS) is 13.1. The van der Waals surface area contributed by atoms with Gasteiger partial charge in [0.05, 0.1) is 11.9 Å². The quantitative estimate of drug-likeness (QED) is 0.451. The zero-order valence-corrected chi connectivity index (χ0v) is 23.5. The first kappa shape index (κ1) is 29.4. The van der Waals surface area contributed by atoms with Crippen molar-refractivity contribution in [3.63, 3.8) is 0 Å². The van der Waals surface area contributed by atoms with E-state index in [9.17, 15) is 18.0 Å². The molecule has 2 aromatic rings. The van der Waals surface area contributed by atoms with Crippen LogP contribution in [0.15, 0.2) is 42.5 Å². The van der Waals surface area contributed by atoms with Crippen molar-refractivity contribution in [1.82, 2.24) is 10.2 Å². The van der Waals surface area contributed by atoms with Crippen molar-refractivity contribution in [2.45, 2.75) is 79.4 Å². The van der Waals surface area contributed by atoms with Crippen LogP contribution in [0.4, 0.5) is 5.69 Å². The molecule has 0 fully saturated rings. The van der Waals surface area contributed by atoms with Gasteiger partial charge in [-0.15, -0.1) is 0 Å². The molecule has 1 N–H and O–H groups in total. The number of carbonyl (C=O) groups excluding carboxylic acids is 2. The molecule has 2 rings (SSSR count). The molecular weight excluding hydrogens is 474 g/mol. The number of sulfonamides is 1. The summed E-state index contributed by atoms with van der Waals surface area (Å²) in [6, 6.07) is 12.7. The SMILES string of the molecule is CC[C@@H](C)NC(=O)[C@H](C)N(Cc1ccccc1C)C(=O)CCCN(c1ccc(C)c(C)c1)S(C)(=O)=O. The summed E-state index contributed by atoms with van der Waals surface area (Å²) in [4.78, 5) is 27.9. The highest BCUT2D eigenvalue weighted by atomic mass is 32.2. The minimum Gasteiger partial charge on any atom is -0.352 e. The summed E-state index contributed by atoms with van der Waals surface area (Å²) in [7, 11) is -3.52. The fourth-order valence-corrected chi connectivity index (χ4v) is 4.86. The second-order valence-electron chi connectivity index (χ2n) is 9.65. The molecule has 0 aliphatic rings. The number of aryl methyl sites for hydroxylation is 3. The highest BCUT2D eigenvalue weighted by molar-refractivity contribution is 7.92. The molecule has 0 radical (unpaired) electrons. The average molecular weight is 516 g/mol. The van der Waals surface area contributed by atoms with E-state index in [1.165, 1.54) is 10.6 Å². The lowest BCUT2D eigenvalue weighted by Crippen LogP contribution is -2.49. The van der Waals surface area contributed by atoms with Crippen molar-refractivity contribution < 1.29 is 18.0 Å². The van der Waals surface area contributed by atoms with Gasteiger partial charge in [-0.25, -0.2) is 8.42 Å². The van der Waals surface area contributed by atoms with Gasteiger partial charge < -0.3 is 10.2 Å². The monoisotopic (exact) mass is 515 g/mol. The number of rotatable bonds is 12. The Morgan fingerprint density at radius 3 is 2.22 bits per heavy atom. The van der Waals surface area contributed by atoms with Crippen LogP contribution in [0.25, 0.3) is 0 Å². The zero-order valence-electron chi connectivity index (χ0n) is 22.7. The molecule has 2 aromatic carbocycles. The Kier molecular flexibility index (Phi) is 10.5. The number of hydrogen-bond acceptors (Lipinski definition) is 4. The van der Waals surface area contributed by atoms with Crippen molar-refractivity contribution in [2.24, 2.45) is 0 Å². The number of nitrogens with one attached hydrogen (secondary N) is 1. The Hall–Kier alpha value is -2.87. The molecule has 0 unspecified atom stereocenters. The van der Waals surface area contributed by atoms with Crippen molar-refractivity contribution in [3.05, 3.63) is 64.7 Å². The molecule has 198 valence electrons. The molecule has 2 atom stereocenters. The Balaban J connectivity index is 2.20. The van der Waals surface area contributed by atoms with Gasteiger partial charge in [-0.05, 0) is 81.8 Å². The van der Waals surface area contributed by atoms with Gasteiger partial charge in [0, 0.05) is 25.6 Å². The van der Waals surface area contributed by atoms with Gasteiger partial charge in [0.2, 0.25) is 21.8 Å². The van der Waals surface area contributed by atoms with Gasteiger partial charge in [0.15, 0.2) is 0 Å². The summed E-state index contributed by atoms with van der Waals surface area (Å²) in [6.07, 6.45) is 2.44. The Bertz CT molecular complexity index is 1160. The summed E-state index contributed by atoms with van der Waals surface area (Å²) >= 11 is 0. The Morgan fingerprint density at radius 1 is 0.972 bits per heavy atom. The summed E-state index contributed by atoms with van der Waals surface area (Å²) in [6.45, 7) is 12.1. The largest absolute Gasteiger partial charge is 0.352 e. The van der Waals surface area contributed by atoms with Crippen LogP contribution in [-0.2, 0) is 26.2 Å². The van der Waals surface area contributed by atoms with Crippen LogP contribution in [0.3, 0.4) is 0 Å². The fourth-order valence-electron chi connectivity index (χ4n) is 3.90. The van der Waals surface area contributed by atoms with Gasteiger partial charge in [0.25, 0.3) is 0 Å². The minimum atomic E-state index is -3.52. The maximum absolute atomic E-state index is 13.4. The minimum absolute atomic E-state index is 0.0108. The highest BCUT2D eigenvalue weighted by Gasteiger charge is 2.27. The fraction of sp³-hybridized carbons (Fsp3) is 0.500. The topological polar surface area (TPSA) is 86.8 Å². The van der Waals surface area contributed by atoms with E-state index in [4.69, 9.17) is 0 Å². The van der Waals surface area contributed by atoms with Gasteiger partial charge >= 0.3 is 0 Å². The lowest BCUT2D eigenvalue weighted by atomic mass is 10.1. The van der Waals surface area contributed by atoms with E-state index < -0.39 is 16.1 Å². The van der Waals surface area contributed by atoms with Crippen LogP contribution in [0.1, 0.15) is 62.3 Å². The van der Waals surface area contributed by atoms with E-state index in [-0.39, 0.29) is 30.8 Å². The van der Waals surface area contributed by atoms with E-state index in [0.29, 0.717) is 18.7 Å². The van der Waals surface area contributed by atoms with E-state index >= 15 is 0 Å². The molecular formula is C28H41N3O4S. The van der Waals surface area contributed by atoms with Crippen molar-refractivity contribution in [2.75, 3.05) is 17.1 Å².